The monoisotopic (exact) mass is 363 g/mol. The molecule has 2 heterocycles. The van der Waals surface area contributed by atoms with Crippen LogP contribution < -0.4 is 5.32 Å². The van der Waals surface area contributed by atoms with Gasteiger partial charge in [0.25, 0.3) is 0 Å². The lowest BCUT2D eigenvalue weighted by Gasteiger charge is -2.13. The normalized spacial score (nSPS) is 11.8. The largest absolute Gasteiger partial charge is 0.380 e. The molecule has 1 N–H and O–H groups in total. The van der Waals surface area contributed by atoms with E-state index in [0.29, 0.717) is 17.7 Å². The van der Waals surface area contributed by atoms with Gasteiger partial charge in [-0.05, 0) is 23.8 Å². The van der Waals surface area contributed by atoms with Crippen molar-refractivity contribution in [2.45, 2.75) is 6.54 Å². The second kappa shape index (κ2) is 6.74. The van der Waals surface area contributed by atoms with Crippen molar-refractivity contribution in [3.8, 4) is 22.5 Å². The van der Waals surface area contributed by atoms with Gasteiger partial charge in [0.1, 0.15) is 0 Å². The van der Waals surface area contributed by atoms with Gasteiger partial charge in [0.15, 0.2) is 5.78 Å². The summed E-state index contributed by atoms with van der Waals surface area (Å²) in [6.45, 7) is 0.636. The van der Waals surface area contributed by atoms with E-state index in [2.05, 4.69) is 22.4 Å². The first-order valence-electron chi connectivity index (χ1n) is 9.18. The Kier molecular flexibility index (Phi) is 3.95. The zero-order valence-corrected chi connectivity index (χ0v) is 15.1. The maximum atomic E-state index is 13.1. The predicted molar refractivity (Wildman–Crippen MR) is 110 cm³/mol. The van der Waals surface area contributed by atoms with Crippen molar-refractivity contribution in [1.82, 2.24) is 9.97 Å². The number of benzene rings is 2. The summed E-state index contributed by atoms with van der Waals surface area (Å²) in [5.41, 5.74) is 6.74. The van der Waals surface area contributed by atoms with Gasteiger partial charge >= 0.3 is 0 Å². The van der Waals surface area contributed by atoms with Gasteiger partial charge in [0.2, 0.25) is 0 Å². The van der Waals surface area contributed by atoms with E-state index in [9.17, 15) is 4.79 Å². The van der Waals surface area contributed by atoms with Crippen LogP contribution in [-0.4, -0.2) is 15.8 Å². The first-order chi connectivity index (χ1) is 13.8. The molecule has 5 rings (SSSR count). The lowest BCUT2D eigenvalue weighted by molar-refractivity contribution is 0.104. The first-order valence-corrected chi connectivity index (χ1v) is 9.18. The zero-order chi connectivity index (χ0) is 18.9. The molecule has 4 aromatic rings. The lowest BCUT2D eigenvalue weighted by Crippen LogP contribution is -2.07. The minimum Gasteiger partial charge on any atom is -0.380 e. The lowest BCUT2D eigenvalue weighted by atomic mass is 10.1. The topological polar surface area (TPSA) is 54.9 Å². The molecule has 0 saturated heterocycles. The van der Waals surface area contributed by atoms with Gasteiger partial charge in [0, 0.05) is 41.3 Å². The summed E-state index contributed by atoms with van der Waals surface area (Å²) in [5, 5.41) is 3.46. The van der Waals surface area contributed by atoms with Crippen LogP contribution in [0.25, 0.3) is 22.5 Å². The Morgan fingerprint density at radius 3 is 2.32 bits per heavy atom. The fraction of sp³-hybridized carbons (Fsp3) is 0.0417. The van der Waals surface area contributed by atoms with Crippen LogP contribution in [0.15, 0.2) is 85.2 Å². The number of fused-ring (bicyclic) bond motifs is 3. The standard InChI is InChI=1S/C24H17N3O/c28-24-19-9-5-4-8-18(19)23-22(24)21(26-15-16-6-2-1-3-7-16)14-20(27-23)17-10-12-25-13-11-17/h1-14H,15H2,(H,26,27). The number of carbonyl (C=O) groups is 1. The number of ketones is 1. The number of nitrogens with one attached hydrogen (secondary N) is 1. The quantitative estimate of drug-likeness (QED) is 0.490. The molecule has 134 valence electrons. The van der Waals surface area contributed by atoms with Crippen molar-refractivity contribution in [3.63, 3.8) is 0 Å². The van der Waals surface area contributed by atoms with Crippen LogP contribution >= 0.6 is 0 Å². The number of pyridine rings is 2. The summed E-state index contributed by atoms with van der Waals surface area (Å²) < 4.78 is 0. The van der Waals surface area contributed by atoms with E-state index < -0.39 is 0 Å². The molecular formula is C24H17N3O. The summed E-state index contributed by atoms with van der Waals surface area (Å²) in [4.78, 5) is 22.0. The van der Waals surface area contributed by atoms with Crippen LogP contribution in [-0.2, 0) is 6.54 Å². The third kappa shape index (κ3) is 2.76. The summed E-state index contributed by atoms with van der Waals surface area (Å²) in [6, 6.07) is 23.6. The summed E-state index contributed by atoms with van der Waals surface area (Å²) in [6.07, 6.45) is 3.50. The molecule has 4 heteroatoms. The number of hydrogen-bond donors (Lipinski definition) is 1. The Hall–Kier alpha value is -3.79. The molecule has 0 aliphatic heterocycles. The average molecular weight is 363 g/mol. The minimum atomic E-state index is 0.0231. The number of hydrogen-bond acceptors (Lipinski definition) is 4. The van der Waals surface area contributed by atoms with E-state index in [-0.39, 0.29) is 5.78 Å². The van der Waals surface area contributed by atoms with Crippen LogP contribution in [0.2, 0.25) is 0 Å². The van der Waals surface area contributed by atoms with Crippen molar-refractivity contribution in [2.75, 3.05) is 5.32 Å². The molecule has 0 spiro atoms. The van der Waals surface area contributed by atoms with Gasteiger partial charge in [-0.3, -0.25) is 9.78 Å². The number of nitrogens with zero attached hydrogens (tertiary/aromatic N) is 2. The molecule has 0 fully saturated rings. The van der Waals surface area contributed by atoms with Gasteiger partial charge < -0.3 is 5.32 Å². The highest BCUT2D eigenvalue weighted by atomic mass is 16.1. The fourth-order valence-electron chi connectivity index (χ4n) is 3.60. The summed E-state index contributed by atoms with van der Waals surface area (Å²) in [7, 11) is 0. The first kappa shape index (κ1) is 16.4. The predicted octanol–water partition coefficient (Wildman–Crippen LogP) is 4.97. The Morgan fingerprint density at radius 1 is 0.821 bits per heavy atom. The molecule has 0 saturated carbocycles. The van der Waals surface area contributed by atoms with Gasteiger partial charge in [0.05, 0.1) is 17.0 Å². The third-order valence-corrected chi connectivity index (χ3v) is 4.98. The minimum absolute atomic E-state index is 0.0231. The highest BCUT2D eigenvalue weighted by molar-refractivity contribution is 6.24. The average Bonchev–Trinajstić information content (AvgIpc) is 3.06. The number of aromatic nitrogens is 2. The molecule has 1 aliphatic rings. The van der Waals surface area contributed by atoms with E-state index >= 15 is 0 Å². The number of anilines is 1. The van der Waals surface area contributed by atoms with Crippen molar-refractivity contribution in [1.29, 1.82) is 0 Å². The second-order valence-corrected chi connectivity index (χ2v) is 6.73. The van der Waals surface area contributed by atoms with E-state index in [0.717, 1.165) is 33.8 Å². The molecule has 0 radical (unpaired) electrons. The van der Waals surface area contributed by atoms with Gasteiger partial charge in [-0.2, -0.15) is 0 Å². The zero-order valence-electron chi connectivity index (χ0n) is 15.1. The van der Waals surface area contributed by atoms with E-state index in [1.807, 2.05) is 60.7 Å². The number of rotatable bonds is 4. The maximum Gasteiger partial charge on any atom is 0.197 e. The van der Waals surface area contributed by atoms with Crippen molar-refractivity contribution in [2.24, 2.45) is 0 Å². The third-order valence-electron chi connectivity index (χ3n) is 4.98. The molecule has 28 heavy (non-hydrogen) atoms. The van der Waals surface area contributed by atoms with Crippen LogP contribution in [0.3, 0.4) is 0 Å². The van der Waals surface area contributed by atoms with Gasteiger partial charge in [-0.15, -0.1) is 0 Å². The van der Waals surface area contributed by atoms with E-state index in [1.165, 1.54) is 0 Å². The Labute approximate surface area is 162 Å². The molecule has 2 aromatic heterocycles. The van der Waals surface area contributed by atoms with Crippen LogP contribution in [0, 0.1) is 0 Å². The van der Waals surface area contributed by atoms with E-state index in [1.54, 1.807) is 12.4 Å². The second-order valence-electron chi connectivity index (χ2n) is 6.73. The van der Waals surface area contributed by atoms with Crippen LogP contribution in [0.1, 0.15) is 21.5 Å². The Balaban J connectivity index is 1.64. The van der Waals surface area contributed by atoms with Gasteiger partial charge in [-0.25, -0.2) is 4.98 Å². The van der Waals surface area contributed by atoms with Crippen molar-refractivity contribution >= 4 is 11.5 Å². The molecule has 0 unspecified atom stereocenters. The molecule has 0 bridgehead atoms. The summed E-state index contributed by atoms with van der Waals surface area (Å²) in [5.74, 6) is 0.0231. The van der Waals surface area contributed by atoms with Crippen molar-refractivity contribution in [3.05, 3.63) is 102 Å². The van der Waals surface area contributed by atoms with E-state index in [4.69, 9.17) is 4.98 Å². The molecular weight excluding hydrogens is 346 g/mol. The Bertz CT molecular complexity index is 1170. The summed E-state index contributed by atoms with van der Waals surface area (Å²) >= 11 is 0. The molecule has 0 atom stereocenters. The highest BCUT2D eigenvalue weighted by Gasteiger charge is 2.31. The fourth-order valence-corrected chi connectivity index (χ4v) is 3.60. The van der Waals surface area contributed by atoms with Crippen molar-refractivity contribution < 1.29 is 4.79 Å². The maximum absolute atomic E-state index is 13.1. The highest BCUT2D eigenvalue weighted by Crippen LogP contribution is 2.40. The smallest absolute Gasteiger partial charge is 0.197 e. The SMILES string of the molecule is O=C1c2ccccc2-c2nc(-c3ccncc3)cc(NCc3ccccc3)c21. The molecule has 1 aliphatic carbocycles. The molecule has 2 aromatic carbocycles. The number of carbonyl (C=O) groups excluding carboxylic acids is 1. The Morgan fingerprint density at radius 2 is 1.54 bits per heavy atom. The van der Waals surface area contributed by atoms with Crippen LogP contribution in [0.4, 0.5) is 5.69 Å². The van der Waals surface area contributed by atoms with Gasteiger partial charge in [-0.1, -0.05) is 54.6 Å². The van der Waals surface area contributed by atoms with Crippen LogP contribution in [0.5, 0.6) is 0 Å². The molecule has 4 nitrogen and oxygen atoms in total. The molecule has 0 amide bonds.